The van der Waals surface area contributed by atoms with Crippen LogP contribution in [0.15, 0.2) is 28.8 Å². The molecule has 4 rings (SSSR count). The SMILES string of the molecule is Clc1ccc(-c2noc(CN3CCC(N4CCCC4)CC3)n2)cc1. The number of likely N-dealkylation sites (tertiary alicyclic amines) is 2. The van der Waals surface area contributed by atoms with Crippen molar-refractivity contribution in [3.63, 3.8) is 0 Å². The molecule has 0 atom stereocenters. The van der Waals surface area contributed by atoms with Crippen LogP contribution in [0.4, 0.5) is 0 Å². The van der Waals surface area contributed by atoms with Crippen LogP contribution >= 0.6 is 11.6 Å². The van der Waals surface area contributed by atoms with E-state index in [-0.39, 0.29) is 0 Å². The second-order valence-corrected chi connectivity index (χ2v) is 7.21. The minimum atomic E-state index is 0.633. The second-order valence-electron chi connectivity index (χ2n) is 6.77. The summed E-state index contributed by atoms with van der Waals surface area (Å²) in [5.74, 6) is 1.33. The van der Waals surface area contributed by atoms with Crippen LogP contribution in [-0.4, -0.2) is 52.2 Å². The molecule has 0 spiro atoms. The molecule has 6 heteroatoms. The van der Waals surface area contributed by atoms with Gasteiger partial charge in [-0.2, -0.15) is 4.98 Å². The number of halogens is 1. The summed E-state index contributed by atoms with van der Waals surface area (Å²) < 4.78 is 5.43. The van der Waals surface area contributed by atoms with E-state index in [1.807, 2.05) is 24.3 Å². The Morgan fingerprint density at radius 3 is 2.46 bits per heavy atom. The Bertz CT molecular complexity index is 658. The zero-order valence-corrected chi connectivity index (χ0v) is 14.6. The number of piperidine rings is 1. The molecule has 0 unspecified atom stereocenters. The second kappa shape index (κ2) is 7.21. The van der Waals surface area contributed by atoms with Gasteiger partial charge < -0.3 is 9.42 Å². The lowest BCUT2D eigenvalue weighted by Gasteiger charge is -2.36. The van der Waals surface area contributed by atoms with E-state index in [4.69, 9.17) is 16.1 Å². The molecule has 2 aromatic rings. The summed E-state index contributed by atoms with van der Waals surface area (Å²) in [6, 6.07) is 8.29. The number of aromatic nitrogens is 2. The van der Waals surface area contributed by atoms with E-state index in [2.05, 4.69) is 19.9 Å². The van der Waals surface area contributed by atoms with E-state index < -0.39 is 0 Å². The molecule has 3 heterocycles. The fourth-order valence-electron chi connectivity index (χ4n) is 3.78. The highest BCUT2D eigenvalue weighted by molar-refractivity contribution is 6.30. The van der Waals surface area contributed by atoms with Gasteiger partial charge in [0.2, 0.25) is 11.7 Å². The van der Waals surface area contributed by atoms with Gasteiger partial charge in [-0.05, 0) is 63.0 Å². The Morgan fingerprint density at radius 1 is 1.04 bits per heavy atom. The van der Waals surface area contributed by atoms with Gasteiger partial charge in [0.05, 0.1) is 6.54 Å². The van der Waals surface area contributed by atoms with Gasteiger partial charge >= 0.3 is 0 Å². The number of hydrogen-bond donors (Lipinski definition) is 0. The van der Waals surface area contributed by atoms with Gasteiger partial charge in [0.1, 0.15) is 0 Å². The first kappa shape index (κ1) is 16.1. The third-order valence-electron chi connectivity index (χ3n) is 5.14. The molecular weight excluding hydrogens is 324 g/mol. The van der Waals surface area contributed by atoms with Crippen molar-refractivity contribution >= 4 is 11.6 Å². The largest absolute Gasteiger partial charge is 0.338 e. The molecule has 0 bridgehead atoms. The van der Waals surface area contributed by atoms with Crippen molar-refractivity contribution in [2.75, 3.05) is 26.2 Å². The number of hydrogen-bond acceptors (Lipinski definition) is 5. The fourth-order valence-corrected chi connectivity index (χ4v) is 3.90. The van der Waals surface area contributed by atoms with Crippen molar-refractivity contribution in [2.45, 2.75) is 38.3 Å². The Kier molecular flexibility index (Phi) is 4.83. The standard InChI is InChI=1S/C18H23ClN4O/c19-15-5-3-14(4-6-15)18-20-17(24-21-18)13-22-11-7-16(8-12-22)23-9-1-2-10-23/h3-6,16H,1-2,7-13H2. The van der Waals surface area contributed by atoms with Gasteiger partial charge in [-0.3, -0.25) is 4.90 Å². The molecule has 128 valence electrons. The highest BCUT2D eigenvalue weighted by Crippen LogP contribution is 2.23. The van der Waals surface area contributed by atoms with Gasteiger partial charge in [-0.25, -0.2) is 0 Å². The van der Waals surface area contributed by atoms with E-state index in [1.54, 1.807) is 0 Å². The van der Waals surface area contributed by atoms with Crippen LogP contribution in [0, 0.1) is 0 Å². The maximum atomic E-state index is 5.92. The van der Waals surface area contributed by atoms with Crippen molar-refractivity contribution in [2.24, 2.45) is 0 Å². The molecule has 5 nitrogen and oxygen atoms in total. The third-order valence-corrected chi connectivity index (χ3v) is 5.40. The molecule has 1 aromatic carbocycles. The minimum Gasteiger partial charge on any atom is -0.338 e. The van der Waals surface area contributed by atoms with Gasteiger partial charge in [0, 0.05) is 29.7 Å². The lowest BCUT2D eigenvalue weighted by molar-refractivity contribution is 0.114. The molecule has 2 aliphatic rings. The van der Waals surface area contributed by atoms with Crippen LogP contribution < -0.4 is 0 Å². The zero-order chi connectivity index (χ0) is 16.4. The topological polar surface area (TPSA) is 45.4 Å². The quantitative estimate of drug-likeness (QED) is 0.848. The first-order chi connectivity index (χ1) is 11.8. The van der Waals surface area contributed by atoms with E-state index in [1.165, 1.54) is 38.8 Å². The summed E-state index contributed by atoms with van der Waals surface area (Å²) >= 11 is 5.92. The van der Waals surface area contributed by atoms with Crippen molar-refractivity contribution in [3.8, 4) is 11.4 Å². The first-order valence-corrected chi connectivity index (χ1v) is 9.21. The summed E-state index contributed by atoms with van der Waals surface area (Å²) in [6.45, 7) is 5.55. The van der Waals surface area contributed by atoms with Crippen LogP contribution in [0.25, 0.3) is 11.4 Å². The molecule has 0 saturated carbocycles. The lowest BCUT2D eigenvalue weighted by atomic mass is 10.0. The van der Waals surface area contributed by atoms with Crippen LogP contribution in [-0.2, 0) is 6.54 Å². The number of benzene rings is 1. The molecule has 0 amide bonds. The third kappa shape index (κ3) is 3.63. The van der Waals surface area contributed by atoms with Crippen molar-refractivity contribution < 1.29 is 4.52 Å². The normalized spacial score (nSPS) is 20.7. The first-order valence-electron chi connectivity index (χ1n) is 8.83. The van der Waals surface area contributed by atoms with Gasteiger partial charge in [-0.15, -0.1) is 0 Å². The van der Waals surface area contributed by atoms with E-state index in [0.717, 1.165) is 31.2 Å². The van der Waals surface area contributed by atoms with Gasteiger partial charge in [-0.1, -0.05) is 16.8 Å². The molecule has 0 N–H and O–H groups in total. The van der Waals surface area contributed by atoms with Crippen molar-refractivity contribution in [3.05, 3.63) is 35.2 Å². The molecule has 2 saturated heterocycles. The minimum absolute atomic E-state index is 0.633. The molecule has 1 aromatic heterocycles. The lowest BCUT2D eigenvalue weighted by Crippen LogP contribution is -2.43. The maximum absolute atomic E-state index is 5.92. The molecule has 0 aliphatic carbocycles. The Labute approximate surface area is 147 Å². The summed E-state index contributed by atoms with van der Waals surface area (Å²) in [5.41, 5.74) is 0.933. The molecule has 0 radical (unpaired) electrons. The predicted molar refractivity (Wildman–Crippen MR) is 93.9 cm³/mol. The average molecular weight is 347 g/mol. The predicted octanol–water partition coefficient (Wildman–Crippen LogP) is 3.45. The highest BCUT2D eigenvalue weighted by Gasteiger charge is 2.27. The van der Waals surface area contributed by atoms with E-state index in [9.17, 15) is 0 Å². The van der Waals surface area contributed by atoms with Gasteiger partial charge in [0.15, 0.2) is 0 Å². The molecular formula is C18H23ClN4O. The molecule has 2 aliphatic heterocycles. The average Bonchev–Trinajstić information content (AvgIpc) is 3.28. The number of nitrogens with zero attached hydrogens (tertiary/aromatic N) is 4. The maximum Gasteiger partial charge on any atom is 0.241 e. The van der Waals surface area contributed by atoms with E-state index >= 15 is 0 Å². The van der Waals surface area contributed by atoms with Crippen molar-refractivity contribution in [1.29, 1.82) is 0 Å². The summed E-state index contributed by atoms with van der Waals surface area (Å²) in [4.78, 5) is 9.62. The summed E-state index contributed by atoms with van der Waals surface area (Å²) in [7, 11) is 0. The summed E-state index contributed by atoms with van der Waals surface area (Å²) in [5, 5.41) is 4.81. The van der Waals surface area contributed by atoms with Gasteiger partial charge in [0.25, 0.3) is 0 Å². The monoisotopic (exact) mass is 346 g/mol. The highest BCUT2D eigenvalue weighted by atomic mass is 35.5. The van der Waals surface area contributed by atoms with Crippen LogP contribution in [0.5, 0.6) is 0 Å². The fraction of sp³-hybridized carbons (Fsp3) is 0.556. The van der Waals surface area contributed by atoms with Crippen LogP contribution in [0.1, 0.15) is 31.6 Å². The Balaban J connectivity index is 1.32. The number of rotatable bonds is 4. The Hall–Kier alpha value is -1.43. The molecule has 24 heavy (non-hydrogen) atoms. The smallest absolute Gasteiger partial charge is 0.241 e. The zero-order valence-electron chi connectivity index (χ0n) is 13.8. The molecule has 2 fully saturated rings. The Morgan fingerprint density at radius 2 is 1.75 bits per heavy atom. The van der Waals surface area contributed by atoms with E-state index in [0.29, 0.717) is 16.7 Å². The van der Waals surface area contributed by atoms with Crippen molar-refractivity contribution in [1.82, 2.24) is 19.9 Å². The van der Waals surface area contributed by atoms with Crippen LogP contribution in [0.3, 0.4) is 0 Å². The van der Waals surface area contributed by atoms with Crippen LogP contribution in [0.2, 0.25) is 5.02 Å². The summed E-state index contributed by atoms with van der Waals surface area (Å²) in [6.07, 6.45) is 5.24.